The molecular weight excluding hydrogens is 424 g/mol. The highest BCUT2D eigenvalue weighted by Gasteiger charge is 2.26. The van der Waals surface area contributed by atoms with Gasteiger partial charge in [-0.05, 0) is 55.8 Å². The number of nitrogens with zero attached hydrogens (tertiary/aromatic N) is 1. The van der Waals surface area contributed by atoms with Gasteiger partial charge in [-0.2, -0.15) is 0 Å². The number of carbonyl (C=O) groups is 2. The number of benzene rings is 2. The van der Waals surface area contributed by atoms with E-state index in [2.05, 4.69) is 15.6 Å². The topological polar surface area (TPSA) is 80.3 Å². The smallest absolute Gasteiger partial charge is 0.264 e. The molecule has 3 rings (SSSR count). The van der Waals surface area contributed by atoms with Crippen molar-refractivity contribution in [1.82, 2.24) is 15.6 Å². The van der Waals surface area contributed by atoms with Gasteiger partial charge in [0.25, 0.3) is 5.91 Å². The van der Waals surface area contributed by atoms with Crippen LogP contribution in [-0.2, 0) is 4.79 Å². The third kappa shape index (κ3) is 5.05. The van der Waals surface area contributed by atoms with Gasteiger partial charge >= 0.3 is 0 Å². The van der Waals surface area contributed by atoms with Crippen molar-refractivity contribution in [3.05, 3.63) is 70.2 Å². The fourth-order valence-corrected chi connectivity index (χ4v) is 3.90. The van der Waals surface area contributed by atoms with Crippen LogP contribution in [0.4, 0.5) is 8.78 Å². The monoisotopic (exact) mass is 445 g/mol. The number of aryl methyl sites for hydroxylation is 1. The van der Waals surface area contributed by atoms with Crippen LogP contribution in [0.5, 0.6) is 5.75 Å². The molecule has 0 fully saturated rings. The zero-order chi connectivity index (χ0) is 22.5. The Labute approximate surface area is 182 Å². The Morgan fingerprint density at radius 3 is 2.45 bits per heavy atom. The molecule has 3 aromatic rings. The Hall–Kier alpha value is -3.33. The van der Waals surface area contributed by atoms with E-state index >= 15 is 0 Å². The Morgan fingerprint density at radius 1 is 1.13 bits per heavy atom. The number of likely N-dealkylation sites (N-methyl/N-ethyl adjacent to an activating group) is 1. The lowest BCUT2D eigenvalue weighted by Gasteiger charge is -2.17. The maximum absolute atomic E-state index is 13.7. The minimum absolute atomic E-state index is 0.125. The molecule has 1 heterocycles. The molecule has 0 spiro atoms. The molecule has 0 aliphatic rings. The second kappa shape index (κ2) is 9.65. The van der Waals surface area contributed by atoms with E-state index in [1.165, 1.54) is 24.5 Å². The summed E-state index contributed by atoms with van der Waals surface area (Å²) in [5.74, 6) is -2.51. The summed E-state index contributed by atoms with van der Waals surface area (Å²) in [5, 5.41) is 5.64. The highest BCUT2D eigenvalue weighted by Crippen LogP contribution is 2.30. The SMILES string of the molecule is CCOc1ccc(-c2nc(C)c(C(=O)NC(C(=O)NC)c3ccc(F)c(F)c3)s2)cc1. The minimum Gasteiger partial charge on any atom is -0.494 e. The predicted molar refractivity (Wildman–Crippen MR) is 114 cm³/mol. The lowest BCUT2D eigenvalue weighted by molar-refractivity contribution is -0.122. The summed E-state index contributed by atoms with van der Waals surface area (Å²) in [6.07, 6.45) is 0. The molecule has 0 saturated carbocycles. The molecule has 0 radical (unpaired) electrons. The number of carbonyl (C=O) groups excluding carboxylic acids is 2. The van der Waals surface area contributed by atoms with Crippen LogP contribution in [0.2, 0.25) is 0 Å². The first kappa shape index (κ1) is 22.4. The van der Waals surface area contributed by atoms with Gasteiger partial charge in [0.2, 0.25) is 5.91 Å². The quantitative estimate of drug-likeness (QED) is 0.576. The number of amides is 2. The van der Waals surface area contributed by atoms with Crippen molar-refractivity contribution in [2.75, 3.05) is 13.7 Å². The summed E-state index contributed by atoms with van der Waals surface area (Å²) >= 11 is 1.17. The number of rotatable bonds is 7. The van der Waals surface area contributed by atoms with Gasteiger partial charge in [0.05, 0.1) is 12.3 Å². The van der Waals surface area contributed by atoms with Gasteiger partial charge in [0.15, 0.2) is 11.6 Å². The van der Waals surface area contributed by atoms with Gasteiger partial charge in [-0.1, -0.05) is 6.07 Å². The maximum Gasteiger partial charge on any atom is 0.264 e. The second-order valence-electron chi connectivity index (χ2n) is 6.59. The van der Waals surface area contributed by atoms with Crippen LogP contribution < -0.4 is 15.4 Å². The van der Waals surface area contributed by atoms with E-state index in [1.54, 1.807) is 6.92 Å². The van der Waals surface area contributed by atoms with Gasteiger partial charge in [-0.25, -0.2) is 13.8 Å². The minimum atomic E-state index is -1.19. The molecular formula is C22H21F2N3O3S. The van der Waals surface area contributed by atoms with Crippen molar-refractivity contribution in [1.29, 1.82) is 0 Å². The molecule has 6 nitrogen and oxygen atoms in total. The van der Waals surface area contributed by atoms with E-state index in [4.69, 9.17) is 4.74 Å². The van der Waals surface area contributed by atoms with E-state index in [0.29, 0.717) is 22.2 Å². The van der Waals surface area contributed by atoms with E-state index in [1.807, 2.05) is 31.2 Å². The van der Waals surface area contributed by atoms with Gasteiger partial charge in [0, 0.05) is 12.6 Å². The van der Waals surface area contributed by atoms with Gasteiger partial charge < -0.3 is 15.4 Å². The summed E-state index contributed by atoms with van der Waals surface area (Å²) in [4.78, 5) is 30.0. The number of hydrogen-bond donors (Lipinski definition) is 2. The molecule has 2 N–H and O–H groups in total. The van der Waals surface area contributed by atoms with E-state index in [-0.39, 0.29) is 5.56 Å². The Balaban J connectivity index is 1.85. The van der Waals surface area contributed by atoms with Crippen LogP contribution in [0.1, 0.15) is 33.9 Å². The lowest BCUT2D eigenvalue weighted by atomic mass is 10.1. The normalized spacial score (nSPS) is 11.6. The third-order valence-electron chi connectivity index (χ3n) is 4.48. The standard InChI is InChI=1S/C22H21F2N3O3S/c1-4-30-15-8-5-13(6-9-15)22-26-12(2)19(31-22)21(29)27-18(20(28)25-3)14-7-10-16(23)17(24)11-14/h5-11,18H,4H2,1-3H3,(H,25,28)(H,27,29). The average molecular weight is 445 g/mol. The Morgan fingerprint density at radius 2 is 1.84 bits per heavy atom. The first-order valence-electron chi connectivity index (χ1n) is 9.52. The van der Waals surface area contributed by atoms with Crippen LogP contribution in [0.25, 0.3) is 10.6 Å². The predicted octanol–water partition coefficient (Wildman–Crippen LogP) is 4.01. The maximum atomic E-state index is 13.7. The van der Waals surface area contributed by atoms with Crippen LogP contribution in [0.3, 0.4) is 0 Å². The number of aromatic nitrogens is 1. The molecule has 0 saturated heterocycles. The molecule has 0 aliphatic carbocycles. The van der Waals surface area contributed by atoms with Crippen molar-refractivity contribution in [2.45, 2.75) is 19.9 Å². The molecule has 1 atom stereocenters. The molecule has 0 aliphatic heterocycles. The van der Waals surface area contributed by atoms with Crippen molar-refractivity contribution in [2.24, 2.45) is 0 Å². The molecule has 162 valence electrons. The molecule has 2 amide bonds. The Kier molecular flexibility index (Phi) is 6.96. The number of halogens is 2. The summed E-state index contributed by atoms with van der Waals surface area (Å²) in [6.45, 7) is 4.15. The first-order valence-corrected chi connectivity index (χ1v) is 10.3. The third-order valence-corrected chi connectivity index (χ3v) is 5.68. The summed E-state index contributed by atoms with van der Waals surface area (Å²) in [6, 6.07) is 9.20. The first-order chi connectivity index (χ1) is 14.8. The highest BCUT2D eigenvalue weighted by atomic mass is 32.1. The van der Waals surface area contributed by atoms with Crippen LogP contribution in [-0.4, -0.2) is 30.5 Å². The van der Waals surface area contributed by atoms with Crippen molar-refractivity contribution >= 4 is 23.2 Å². The van der Waals surface area contributed by atoms with Crippen molar-refractivity contribution in [3.63, 3.8) is 0 Å². The number of hydrogen-bond acceptors (Lipinski definition) is 5. The van der Waals surface area contributed by atoms with Crippen molar-refractivity contribution < 1.29 is 23.1 Å². The largest absolute Gasteiger partial charge is 0.494 e. The summed E-state index contributed by atoms with van der Waals surface area (Å²) < 4.78 is 32.4. The number of thiazole rings is 1. The summed E-state index contributed by atoms with van der Waals surface area (Å²) in [5.41, 5.74) is 1.44. The fourth-order valence-electron chi connectivity index (χ4n) is 2.92. The number of nitrogens with one attached hydrogen (secondary N) is 2. The molecule has 1 unspecified atom stereocenters. The van der Waals surface area contributed by atoms with Crippen LogP contribution in [0, 0.1) is 18.6 Å². The van der Waals surface area contributed by atoms with E-state index in [9.17, 15) is 18.4 Å². The van der Waals surface area contributed by atoms with E-state index in [0.717, 1.165) is 23.4 Å². The zero-order valence-electron chi connectivity index (χ0n) is 17.2. The molecule has 31 heavy (non-hydrogen) atoms. The van der Waals surface area contributed by atoms with Crippen LogP contribution in [0.15, 0.2) is 42.5 Å². The molecule has 1 aromatic heterocycles. The average Bonchev–Trinajstić information content (AvgIpc) is 3.16. The second-order valence-corrected chi connectivity index (χ2v) is 7.58. The molecule has 2 aromatic carbocycles. The molecule has 9 heteroatoms. The summed E-state index contributed by atoms with van der Waals surface area (Å²) in [7, 11) is 1.39. The van der Waals surface area contributed by atoms with Crippen molar-refractivity contribution in [3.8, 4) is 16.3 Å². The zero-order valence-corrected chi connectivity index (χ0v) is 18.0. The molecule has 0 bridgehead atoms. The van der Waals surface area contributed by atoms with Gasteiger partial charge in [0.1, 0.15) is 21.7 Å². The lowest BCUT2D eigenvalue weighted by Crippen LogP contribution is -2.39. The fraction of sp³-hybridized carbons (Fsp3) is 0.227. The Bertz CT molecular complexity index is 1100. The van der Waals surface area contributed by atoms with Crippen LogP contribution >= 0.6 is 11.3 Å². The van der Waals surface area contributed by atoms with Gasteiger partial charge in [-0.15, -0.1) is 11.3 Å². The highest BCUT2D eigenvalue weighted by molar-refractivity contribution is 7.17. The number of ether oxygens (including phenoxy) is 1. The van der Waals surface area contributed by atoms with Gasteiger partial charge in [-0.3, -0.25) is 9.59 Å². The van der Waals surface area contributed by atoms with E-state index < -0.39 is 29.5 Å².